The van der Waals surface area contributed by atoms with Crippen LogP contribution in [-0.2, 0) is 15.6 Å². The standard InChI is InChI=1S/C17H27NO/c1-12-8-14(16(3,4)5)6-7-15(12)17(10-19-11-17)13(2)9-18/h6-8,13H,9-11,18H2,1-5H3. The van der Waals surface area contributed by atoms with Crippen LogP contribution >= 0.6 is 0 Å². The van der Waals surface area contributed by atoms with E-state index in [-0.39, 0.29) is 10.8 Å². The second-order valence-electron chi connectivity index (χ2n) is 7.07. The van der Waals surface area contributed by atoms with Gasteiger partial charge in [0.2, 0.25) is 0 Å². The summed E-state index contributed by atoms with van der Waals surface area (Å²) in [6.07, 6.45) is 0. The van der Waals surface area contributed by atoms with Crippen LogP contribution in [0.5, 0.6) is 0 Å². The van der Waals surface area contributed by atoms with Crippen molar-refractivity contribution in [2.45, 2.75) is 45.4 Å². The van der Waals surface area contributed by atoms with E-state index in [1.807, 2.05) is 0 Å². The minimum atomic E-state index is 0.134. The summed E-state index contributed by atoms with van der Waals surface area (Å²) in [7, 11) is 0. The monoisotopic (exact) mass is 261 g/mol. The maximum atomic E-state index is 5.90. The van der Waals surface area contributed by atoms with Crippen molar-refractivity contribution in [3.63, 3.8) is 0 Å². The molecule has 1 atom stereocenters. The quantitative estimate of drug-likeness (QED) is 0.907. The van der Waals surface area contributed by atoms with Crippen LogP contribution in [0.2, 0.25) is 0 Å². The normalized spacial score (nSPS) is 19.9. The van der Waals surface area contributed by atoms with Crippen LogP contribution in [-0.4, -0.2) is 19.8 Å². The van der Waals surface area contributed by atoms with Gasteiger partial charge in [0.25, 0.3) is 0 Å². The van der Waals surface area contributed by atoms with Gasteiger partial charge in [-0.3, -0.25) is 0 Å². The molecule has 0 amide bonds. The molecule has 1 unspecified atom stereocenters. The molecule has 1 fully saturated rings. The van der Waals surface area contributed by atoms with E-state index in [1.54, 1.807) is 0 Å². The summed E-state index contributed by atoms with van der Waals surface area (Å²) in [5, 5.41) is 0. The number of nitrogens with two attached hydrogens (primary N) is 1. The predicted molar refractivity (Wildman–Crippen MR) is 80.6 cm³/mol. The molecule has 0 radical (unpaired) electrons. The summed E-state index contributed by atoms with van der Waals surface area (Å²) in [5.74, 6) is 0.459. The Labute approximate surface area is 117 Å². The molecule has 2 rings (SSSR count). The van der Waals surface area contributed by atoms with E-state index in [0.29, 0.717) is 12.5 Å². The topological polar surface area (TPSA) is 35.2 Å². The van der Waals surface area contributed by atoms with Crippen LogP contribution in [0.25, 0.3) is 0 Å². The Morgan fingerprint density at radius 2 is 1.95 bits per heavy atom. The van der Waals surface area contributed by atoms with E-state index in [0.717, 1.165) is 13.2 Å². The van der Waals surface area contributed by atoms with Crippen LogP contribution in [0.1, 0.15) is 44.4 Å². The molecule has 19 heavy (non-hydrogen) atoms. The lowest BCUT2D eigenvalue weighted by Gasteiger charge is -2.47. The molecule has 0 aromatic heterocycles. The lowest BCUT2D eigenvalue weighted by atomic mass is 9.67. The van der Waals surface area contributed by atoms with Gasteiger partial charge in [0.15, 0.2) is 0 Å². The minimum Gasteiger partial charge on any atom is -0.379 e. The van der Waals surface area contributed by atoms with Crippen molar-refractivity contribution in [3.8, 4) is 0 Å². The molecule has 0 aliphatic carbocycles. The Kier molecular flexibility index (Phi) is 3.76. The zero-order valence-corrected chi connectivity index (χ0v) is 12.9. The zero-order valence-electron chi connectivity index (χ0n) is 12.9. The van der Waals surface area contributed by atoms with E-state index in [2.05, 4.69) is 52.8 Å². The Balaban J connectivity index is 2.41. The maximum Gasteiger partial charge on any atom is 0.0588 e. The first-order valence-electron chi connectivity index (χ1n) is 7.21. The van der Waals surface area contributed by atoms with Crippen molar-refractivity contribution in [1.82, 2.24) is 0 Å². The number of hydrogen-bond donors (Lipinski definition) is 1. The van der Waals surface area contributed by atoms with E-state index in [4.69, 9.17) is 10.5 Å². The van der Waals surface area contributed by atoms with Gasteiger partial charge in [-0.05, 0) is 41.5 Å². The third-order valence-electron chi connectivity index (χ3n) is 4.64. The predicted octanol–water partition coefficient (Wildman–Crippen LogP) is 3.16. The number of benzene rings is 1. The highest BCUT2D eigenvalue weighted by atomic mass is 16.5. The lowest BCUT2D eigenvalue weighted by molar-refractivity contribution is -0.0857. The van der Waals surface area contributed by atoms with E-state index in [1.165, 1.54) is 16.7 Å². The highest BCUT2D eigenvalue weighted by Gasteiger charge is 2.45. The fourth-order valence-electron chi connectivity index (χ4n) is 2.94. The Hall–Kier alpha value is -0.860. The highest BCUT2D eigenvalue weighted by molar-refractivity contribution is 5.41. The summed E-state index contributed by atoms with van der Waals surface area (Å²) in [6.45, 7) is 13.5. The molecule has 2 heteroatoms. The third-order valence-corrected chi connectivity index (χ3v) is 4.64. The maximum absolute atomic E-state index is 5.90. The van der Waals surface area contributed by atoms with Crippen LogP contribution in [0.15, 0.2) is 18.2 Å². The molecule has 1 aromatic rings. The molecule has 0 saturated carbocycles. The summed E-state index contributed by atoms with van der Waals surface area (Å²) < 4.78 is 5.51. The second-order valence-corrected chi connectivity index (χ2v) is 7.07. The van der Waals surface area contributed by atoms with Crippen molar-refractivity contribution in [2.24, 2.45) is 11.7 Å². The van der Waals surface area contributed by atoms with Crippen molar-refractivity contribution < 1.29 is 4.74 Å². The minimum absolute atomic E-state index is 0.134. The first-order chi connectivity index (χ1) is 8.81. The second kappa shape index (κ2) is 4.92. The van der Waals surface area contributed by atoms with Gasteiger partial charge in [0.05, 0.1) is 13.2 Å². The molecule has 2 nitrogen and oxygen atoms in total. The fourth-order valence-corrected chi connectivity index (χ4v) is 2.94. The molecule has 1 saturated heterocycles. The number of aryl methyl sites for hydroxylation is 1. The molecule has 1 aliphatic heterocycles. The fraction of sp³-hybridized carbons (Fsp3) is 0.647. The largest absolute Gasteiger partial charge is 0.379 e. The Morgan fingerprint density at radius 3 is 2.32 bits per heavy atom. The molecule has 1 aliphatic rings. The summed E-state index contributed by atoms with van der Waals surface area (Å²) in [5.41, 5.74) is 10.4. The van der Waals surface area contributed by atoms with Crippen LogP contribution in [0, 0.1) is 12.8 Å². The van der Waals surface area contributed by atoms with Crippen LogP contribution in [0.3, 0.4) is 0 Å². The Bertz CT molecular complexity index is 455. The molecule has 106 valence electrons. The average molecular weight is 261 g/mol. The van der Waals surface area contributed by atoms with Crippen molar-refractivity contribution >= 4 is 0 Å². The molecular weight excluding hydrogens is 234 g/mol. The molecule has 2 N–H and O–H groups in total. The van der Waals surface area contributed by atoms with E-state index < -0.39 is 0 Å². The van der Waals surface area contributed by atoms with Crippen molar-refractivity contribution in [2.75, 3.05) is 19.8 Å². The van der Waals surface area contributed by atoms with Gasteiger partial charge < -0.3 is 10.5 Å². The van der Waals surface area contributed by atoms with Gasteiger partial charge in [0.1, 0.15) is 0 Å². The first kappa shape index (κ1) is 14.5. The van der Waals surface area contributed by atoms with Gasteiger partial charge in [0, 0.05) is 5.41 Å². The van der Waals surface area contributed by atoms with E-state index in [9.17, 15) is 0 Å². The van der Waals surface area contributed by atoms with Crippen LogP contribution < -0.4 is 5.73 Å². The summed E-state index contributed by atoms with van der Waals surface area (Å²) in [6, 6.07) is 6.90. The number of ether oxygens (including phenoxy) is 1. The summed E-state index contributed by atoms with van der Waals surface area (Å²) >= 11 is 0. The Morgan fingerprint density at radius 1 is 1.32 bits per heavy atom. The SMILES string of the molecule is Cc1cc(C(C)(C)C)ccc1C1(C(C)CN)COC1. The molecular formula is C17H27NO. The average Bonchev–Trinajstić information content (AvgIpc) is 2.28. The third kappa shape index (κ3) is 2.44. The first-order valence-corrected chi connectivity index (χ1v) is 7.21. The van der Waals surface area contributed by atoms with Gasteiger partial charge in [-0.2, -0.15) is 0 Å². The number of hydrogen-bond acceptors (Lipinski definition) is 2. The van der Waals surface area contributed by atoms with Gasteiger partial charge in [-0.15, -0.1) is 0 Å². The van der Waals surface area contributed by atoms with Gasteiger partial charge >= 0.3 is 0 Å². The van der Waals surface area contributed by atoms with Crippen LogP contribution in [0.4, 0.5) is 0 Å². The molecule has 1 aromatic carbocycles. The van der Waals surface area contributed by atoms with E-state index >= 15 is 0 Å². The zero-order chi connectivity index (χ0) is 14.3. The smallest absolute Gasteiger partial charge is 0.0588 e. The lowest BCUT2D eigenvalue weighted by Crippen LogP contribution is -2.54. The number of rotatable bonds is 3. The summed E-state index contributed by atoms with van der Waals surface area (Å²) in [4.78, 5) is 0. The van der Waals surface area contributed by atoms with Gasteiger partial charge in [-0.25, -0.2) is 0 Å². The highest BCUT2D eigenvalue weighted by Crippen LogP contribution is 2.41. The molecule has 0 bridgehead atoms. The van der Waals surface area contributed by atoms with Crippen molar-refractivity contribution in [3.05, 3.63) is 34.9 Å². The molecule has 0 spiro atoms. The molecule has 1 heterocycles. The van der Waals surface area contributed by atoms with Gasteiger partial charge in [-0.1, -0.05) is 45.9 Å². The van der Waals surface area contributed by atoms with Crippen molar-refractivity contribution in [1.29, 1.82) is 0 Å².